The molecule has 5 heterocycles. The van der Waals surface area contributed by atoms with Crippen LogP contribution in [0.3, 0.4) is 0 Å². The second kappa shape index (κ2) is 13.4. The summed E-state index contributed by atoms with van der Waals surface area (Å²) in [5, 5.41) is 9.70. The average Bonchev–Trinajstić information content (AvgIpc) is 4.07. The lowest BCUT2D eigenvalue weighted by Gasteiger charge is -2.15. The Hall–Kier alpha value is -8.67. The fourth-order valence-electron chi connectivity index (χ4n) is 10.6. The molecule has 5 heteroatoms. The standard InChI is InChI=1S/C59H37N5/c1-4-18-38(19-5-1)39-32-58(63-52-30-16-12-26-44(52)48-34-46-42-24-10-14-28-50(42)61(54(46)36-56(48)63)40-20-6-2-7-21-40)60-59(33-39)64-53-31-17-13-27-45(53)49-35-47-43-25-11-15-29-51(43)62(55(47)37-57(49)64)41-22-8-3-9-23-41/h1-37H. The first-order valence-corrected chi connectivity index (χ1v) is 21.9. The van der Waals surface area contributed by atoms with E-state index in [4.69, 9.17) is 4.98 Å². The number of aromatic nitrogens is 5. The summed E-state index contributed by atoms with van der Waals surface area (Å²) < 4.78 is 9.57. The average molecular weight is 816 g/mol. The van der Waals surface area contributed by atoms with Gasteiger partial charge in [-0.3, -0.25) is 9.13 Å². The van der Waals surface area contributed by atoms with Gasteiger partial charge in [-0.1, -0.05) is 140 Å². The fourth-order valence-corrected chi connectivity index (χ4v) is 10.6. The van der Waals surface area contributed by atoms with Crippen molar-refractivity contribution in [3.63, 3.8) is 0 Å². The van der Waals surface area contributed by atoms with Crippen molar-refractivity contribution in [2.75, 3.05) is 0 Å². The first-order valence-electron chi connectivity index (χ1n) is 21.9. The van der Waals surface area contributed by atoms with E-state index in [9.17, 15) is 0 Å². The number of fused-ring (bicyclic) bond motifs is 12. The topological polar surface area (TPSA) is 32.6 Å². The number of hydrogen-bond donors (Lipinski definition) is 0. The summed E-state index contributed by atoms with van der Waals surface area (Å²) >= 11 is 0. The zero-order chi connectivity index (χ0) is 41.9. The van der Waals surface area contributed by atoms with Gasteiger partial charge >= 0.3 is 0 Å². The largest absolute Gasteiger partial charge is 0.309 e. The van der Waals surface area contributed by atoms with Gasteiger partial charge in [0, 0.05) is 54.5 Å². The smallest absolute Gasteiger partial charge is 0.140 e. The second-order valence-corrected chi connectivity index (χ2v) is 16.8. The van der Waals surface area contributed by atoms with Crippen molar-refractivity contribution in [3.05, 3.63) is 224 Å². The van der Waals surface area contributed by atoms with E-state index in [2.05, 4.69) is 243 Å². The highest BCUT2D eigenvalue weighted by Gasteiger charge is 2.23. The monoisotopic (exact) mass is 815 g/mol. The van der Waals surface area contributed by atoms with Gasteiger partial charge in [0.15, 0.2) is 0 Å². The molecule has 0 aliphatic heterocycles. The van der Waals surface area contributed by atoms with Crippen LogP contribution in [0.25, 0.3) is 121 Å². The maximum Gasteiger partial charge on any atom is 0.140 e. The maximum absolute atomic E-state index is 5.76. The summed E-state index contributed by atoms with van der Waals surface area (Å²) in [7, 11) is 0. The SMILES string of the molecule is c1ccc(-c2cc(-n3c4ccccc4c4cc5c6ccccc6n(-c6ccccc6)c5cc43)nc(-n3c4ccccc4c4cc5c6ccccc6n(-c6ccccc6)c5cc43)c2)cc1. The molecule has 64 heavy (non-hydrogen) atoms. The Morgan fingerprint density at radius 1 is 0.219 bits per heavy atom. The molecule has 5 nitrogen and oxygen atoms in total. The Morgan fingerprint density at radius 3 is 0.922 bits per heavy atom. The summed E-state index contributed by atoms with van der Waals surface area (Å²) in [6, 6.07) is 81.3. The van der Waals surface area contributed by atoms with Crippen molar-refractivity contribution in [2.45, 2.75) is 0 Å². The van der Waals surface area contributed by atoms with Crippen LogP contribution in [0.5, 0.6) is 0 Å². The molecule has 0 amide bonds. The van der Waals surface area contributed by atoms with Crippen molar-refractivity contribution >= 4 is 87.2 Å². The number of para-hydroxylation sites is 6. The number of nitrogens with zero attached hydrogens (tertiary/aromatic N) is 5. The third kappa shape index (κ3) is 4.98. The van der Waals surface area contributed by atoms with Crippen LogP contribution in [0.2, 0.25) is 0 Å². The molecule has 0 atom stereocenters. The highest BCUT2D eigenvalue weighted by Crippen LogP contribution is 2.42. The summed E-state index contributed by atoms with van der Waals surface area (Å²) in [5.41, 5.74) is 13.6. The van der Waals surface area contributed by atoms with Crippen molar-refractivity contribution in [3.8, 4) is 34.1 Å². The number of benzene rings is 9. The lowest BCUT2D eigenvalue weighted by atomic mass is 10.1. The van der Waals surface area contributed by atoms with Crippen LogP contribution >= 0.6 is 0 Å². The Labute approximate surface area is 367 Å². The Bertz CT molecular complexity index is 3920. The van der Waals surface area contributed by atoms with E-state index in [1.54, 1.807) is 0 Å². The molecule has 0 unspecified atom stereocenters. The van der Waals surface area contributed by atoms with Crippen LogP contribution in [0.15, 0.2) is 224 Å². The first kappa shape index (κ1) is 35.0. The molecule has 0 saturated heterocycles. The zero-order valence-electron chi connectivity index (χ0n) is 34.6. The molecule has 0 saturated carbocycles. The molecule has 0 aliphatic carbocycles. The Morgan fingerprint density at radius 2 is 0.531 bits per heavy atom. The molecular formula is C59H37N5. The molecule has 14 rings (SSSR count). The van der Waals surface area contributed by atoms with Gasteiger partial charge in [-0.25, -0.2) is 4.98 Å². The van der Waals surface area contributed by atoms with Crippen LogP contribution in [-0.2, 0) is 0 Å². The molecule has 0 N–H and O–H groups in total. The Balaban J connectivity index is 1.10. The lowest BCUT2D eigenvalue weighted by molar-refractivity contribution is 1.01. The fraction of sp³-hybridized carbons (Fsp3) is 0. The van der Waals surface area contributed by atoms with Gasteiger partial charge in [0.25, 0.3) is 0 Å². The van der Waals surface area contributed by atoms with Crippen molar-refractivity contribution in [2.24, 2.45) is 0 Å². The van der Waals surface area contributed by atoms with E-state index in [1.165, 1.54) is 54.1 Å². The molecule has 298 valence electrons. The predicted molar refractivity (Wildman–Crippen MR) is 267 cm³/mol. The number of pyridine rings is 1. The molecule has 0 spiro atoms. The molecule has 0 radical (unpaired) electrons. The molecule has 0 fully saturated rings. The predicted octanol–water partition coefficient (Wildman–Crippen LogP) is 15.1. The highest BCUT2D eigenvalue weighted by atomic mass is 15.1. The van der Waals surface area contributed by atoms with Crippen molar-refractivity contribution in [1.29, 1.82) is 0 Å². The summed E-state index contributed by atoms with van der Waals surface area (Å²) in [5.74, 6) is 1.71. The van der Waals surface area contributed by atoms with E-state index in [0.717, 1.165) is 67.2 Å². The van der Waals surface area contributed by atoms with E-state index in [1.807, 2.05) is 0 Å². The summed E-state index contributed by atoms with van der Waals surface area (Å²) in [4.78, 5) is 5.76. The van der Waals surface area contributed by atoms with E-state index < -0.39 is 0 Å². The number of rotatable bonds is 5. The van der Waals surface area contributed by atoms with E-state index in [-0.39, 0.29) is 0 Å². The molecule has 0 bridgehead atoms. The van der Waals surface area contributed by atoms with Gasteiger partial charge in [0.1, 0.15) is 11.6 Å². The third-order valence-electron chi connectivity index (χ3n) is 13.3. The summed E-state index contributed by atoms with van der Waals surface area (Å²) in [6.07, 6.45) is 0. The van der Waals surface area contributed by atoms with Crippen LogP contribution < -0.4 is 0 Å². The van der Waals surface area contributed by atoms with Gasteiger partial charge in [0.2, 0.25) is 0 Å². The van der Waals surface area contributed by atoms with Gasteiger partial charge in [-0.05, 0) is 96.1 Å². The number of hydrogen-bond acceptors (Lipinski definition) is 1. The van der Waals surface area contributed by atoms with Crippen molar-refractivity contribution < 1.29 is 0 Å². The third-order valence-corrected chi connectivity index (χ3v) is 13.3. The van der Waals surface area contributed by atoms with E-state index in [0.29, 0.717) is 0 Å². The molecule has 0 aliphatic rings. The van der Waals surface area contributed by atoms with Gasteiger partial charge in [0.05, 0.1) is 44.1 Å². The molecule has 9 aromatic carbocycles. The van der Waals surface area contributed by atoms with Crippen LogP contribution in [0, 0.1) is 0 Å². The molecule has 5 aromatic heterocycles. The maximum atomic E-state index is 5.76. The lowest BCUT2D eigenvalue weighted by Crippen LogP contribution is -2.04. The normalized spacial score (nSPS) is 12.1. The van der Waals surface area contributed by atoms with Crippen LogP contribution in [-0.4, -0.2) is 23.3 Å². The minimum atomic E-state index is 0.856. The summed E-state index contributed by atoms with van der Waals surface area (Å²) in [6.45, 7) is 0. The Kier molecular flexibility index (Phi) is 7.33. The van der Waals surface area contributed by atoms with Crippen LogP contribution in [0.4, 0.5) is 0 Å². The highest BCUT2D eigenvalue weighted by molar-refractivity contribution is 6.21. The minimum Gasteiger partial charge on any atom is -0.309 e. The molecular weight excluding hydrogens is 779 g/mol. The van der Waals surface area contributed by atoms with Gasteiger partial charge < -0.3 is 9.13 Å². The second-order valence-electron chi connectivity index (χ2n) is 16.8. The zero-order valence-corrected chi connectivity index (χ0v) is 34.6. The van der Waals surface area contributed by atoms with Crippen LogP contribution in [0.1, 0.15) is 0 Å². The van der Waals surface area contributed by atoms with E-state index >= 15 is 0 Å². The minimum absolute atomic E-state index is 0.856. The first-order chi connectivity index (χ1) is 31.8. The molecule has 14 aromatic rings. The van der Waals surface area contributed by atoms with Crippen molar-refractivity contribution in [1.82, 2.24) is 23.3 Å². The van der Waals surface area contributed by atoms with Gasteiger partial charge in [-0.15, -0.1) is 0 Å². The van der Waals surface area contributed by atoms with Gasteiger partial charge in [-0.2, -0.15) is 0 Å². The quantitative estimate of drug-likeness (QED) is 0.170.